The van der Waals surface area contributed by atoms with Crippen molar-refractivity contribution in [1.29, 1.82) is 0 Å². The molecule has 0 unspecified atom stereocenters. The van der Waals surface area contributed by atoms with Crippen LogP contribution in [0.25, 0.3) is 6.08 Å². The van der Waals surface area contributed by atoms with Crippen molar-refractivity contribution in [2.45, 2.75) is 12.8 Å². The van der Waals surface area contributed by atoms with Crippen LogP contribution in [0.3, 0.4) is 0 Å². The van der Waals surface area contributed by atoms with Crippen molar-refractivity contribution in [2.75, 3.05) is 5.73 Å². The Morgan fingerprint density at radius 2 is 2.23 bits per heavy atom. The van der Waals surface area contributed by atoms with Gasteiger partial charge in [-0.15, -0.1) is 0 Å². The number of hydrogen-bond donors (Lipinski definition) is 1. The summed E-state index contributed by atoms with van der Waals surface area (Å²) in [5.74, 6) is -2.94. The number of anilines is 1. The lowest BCUT2D eigenvalue weighted by Gasteiger charge is -2.13. The van der Waals surface area contributed by atoms with Crippen LogP contribution in [0, 0.1) is 0 Å². The van der Waals surface area contributed by atoms with Gasteiger partial charge in [0.2, 0.25) is 0 Å². The average molecular weight is 184 g/mol. The highest BCUT2D eigenvalue weighted by Crippen LogP contribution is 2.32. The van der Waals surface area contributed by atoms with Gasteiger partial charge in [-0.1, -0.05) is 6.58 Å². The first-order valence-electron chi connectivity index (χ1n) is 3.72. The van der Waals surface area contributed by atoms with E-state index in [1.54, 1.807) is 0 Å². The second-order valence-electron chi connectivity index (χ2n) is 2.75. The average Bonchev–Trinajstić information content (AvgIpc) is 2.02. The number of nitrogens with zero attached hydrogens (tertiary/aromatic N) is 1. The molecule has 0 amide bonds. The Hall–Kier alpha value is -1.45. The summed E-state index contributed by atoms with van der Waals surface area (Å²) in [7, 11) is 0. The van der Waals surface area contributed by atoms with Crippen LogP contribution >= 0.6 is 0 Å². The van der Waals surface area contributed by atoms with E-state index in [0.717, 1.165) is 6.92 Å². The van der Waals surface area contributed by atoms with Crippen molar-refractivity contribution in [1.82, 2.24) is 4.98 Å². The summed E-state index contributed by atoms with van der Waals surface area (Å²) in [6, 6.07) is 1.21. The summed E-state index contributed by atoms with van der Waals surface area (Å²) in [6.07, 6.45) is 2.64. The van der Waals surface area contributed by atoms with Gasteiger partial charge in [0.05, 0.1) is 11.4 Å². The SMILES string of the molecule is C=Cc1nccc(C(C)(F)F)c1N. The maximum Gasteiger partial charge on any atom is 0.272 e. The second-order valence-corrected chi connectivity index (χ2v) is 2.75. The molecule has 1 heterocycles. The molecule has 13 heavy (non-hydrogen) atoms. The van der Waals surface area contributed by atoms with E-state index in [-0.39, 0.29) is 11.3 Å². The number of halogens is 2. The largest absolute Gasteiger partial charge is 0.397 e. The lowest BCUT2D eigenvalue weighted by Crippen LogP contribution is -2.11. The Balaban J connectivity index is 3.32. The van der Waals surface area contributed by atoms with Crippen molar-refractivity contribution in [3.8, 4) is 0 Å². The van der Waals surface area contributed by atoms with Crippen molar-refractivity contribution in [3.63, 3.8) is 0 Å². The molecular formula is C9H10F2N2. The fourth-order valence-electron chi connectivity index (χ4n) is 1.03. The summed E-state index contributed by atoms with van der Waals surface area (Å²) < 4.78 is 25.8. The monoisotopic (exact) mass is 184 g/mol. The van der Waals surface area contributed by atoms with Gasteiger partial charge in [0.1, 0.15) is 0 Å². The minimum Gasteiger partial charge on any atom is -0.397 e. The highest BCUT2D eigenvalue weighted by molar-refractivity contribution is 5.63. The van der Waals surface area contributed by atoms with Crippen molar-refractivity contribution in [2.24, 2.45) is 0 Å². The fourth-order valence-corrected chi connectivity index (χ4v) is 1.03. The van der Waals surface area contributed by atoms with Crippen molar-refractivity contribution in [3.05, 3.63) is 30.1 Å². The quantitative estimate of drug-likeness (QED) is 0.766. The predicted octanol–water partition coefficient (Wildman–Crippen LogP) is 2.42. The first-order valence-corrected chi connectivity index (χ1v) is 3.72. The lowest BCUT2D eigenvalue weighted by molar-refractivity contribution is 0.0182. The number of hydrogen-bond acceptors (Lipinski definition) is 2. The zero-order valence-corrected chi connectivity index (χ0v) is 7.22. The summed E-state index contributed by atoms with van der Waals surface area (Å²) in [5.41, 5.74) is 5.54. The van der Waals surface area contributed by atoms with E-state index in [0.29, 0.717) is 5.69 Å². The van der Waals surface area contributed by atoms with Crippen LogP contribution in [-0.2, 0) is 5.92 Å². The number of alkyl halides is 2. The minimum absolute atomic E-state index is 0.00926. The van der Waals surface area contributed by atoms with Gasteiger partial charge in [-0.25, -0.2) is 8.78 Å². The van der Waals surface area contributed by atoms with Gasteiger partial charge in [0.25, 0.3) is 5.92 Å². The highest BCUT2D eigenvalue weighted by Gasteiger charge is 2.27. The van der Waals surface area contributed by atoms with Crippen LogP contribution in [0.15, 0.2) is 18.8 Å². The smallest absolute Gasteiger partial charge is 0.272 e. The third-order valence-electron chi connectivity index (χ3n) is 1.69. The Bertz CT molecular complexity index is 329. The molecule has 0 spiro atoms. The van der Waals surface area contributed by atoms with E-state index >= 15 is 0 Å². The van der Waals surface area contributed by atoms with E-state index in [1.165, 1.54) is 18.3 Å². The van der Waals surface area contributed by atoms with Gasteiger partial charge in [0, 0.05) is 18.7 Å². The van der Waals surface area contributed by atoms with Gasteiger partial charge in [-0.2, -0.15) is 0 Å². The molecule has 0 aliphatic heterocycles. The van der Waals surface area contributed by atoms with E-state index in [9.17, 15) is 8.78 Å². The molecule has 0 radical (unpaired) electrons. The van der Waals surface area contributed by atoms with Crippen LogP contribution in [-0.4, -0.2) is 4.98 Å². The van der Waals surface area contributed by atoms with E-state index in [2.05, 4.69) is 11.6 Å². The minimum atomic E-state index is -2.94. The molecule has 0 aromatic carbocycles. The first-order chi connectivity index (χ1) is 5.96. The zero-order chi connectivity index (χ0) is 10.1. The molecule has 1 aromatic heterocycles. The van der Waals surface area contributed by atoms with E-state index in [4.69, 9.17) is 5.73 Å². The third-order valence-corrected chi connectivity index (χ3v) is 1.69. The van der Waals surface area contributed by atoms with Gasteiger partial charge in [-0.05, 0) is 12.1 Å². The van der Waals surface area contributed by atoms with Crippen LogP contribution in [0.2, 0.25) is 0 Å². The van der Waals surface area contributed by atoms with Crippen LogP contribution in [0.5, 0.6) is 0 Å². The molecular weight excluding hydrogens is 174 g/mol. The van der Waals surface area contributed by atoms with Crippen molar-refractivity contribution < 1.29 is 8.78 Å². The number of nitrogen functional groups attached to an aromatic ring is 1. The third kappa shape index (κ3) is 1.83. The zero-order valence-electron chi connectivity index (χ0n) is 7.22. The van der Waals surface area contributed by atoms with Gasteiger partial charge >= 0.3 is 0 Å². The molecule has 0 saturated carbocycles. The lowest BCUT2D eigenvalue weighted by atomic mass is 10.1. The molecule has 1 rings (SSSR count). The summed E-state index contributed by atoms with van der Waals surface area (Å²) in [5, 5.41) is 0. The van der Waals surface area contributed by atoms with Crippen molar-refractivity contribution >= 4 is 11.8 Å². The Morgan fingerprint density at radius 1 is 1.62 bits per heavy atom. The molecule has 4 heteroatoms. The van der Waals surface area contributed by atoms with Crippen LogP contribution in [0.4, 0.5) is 14.5 Å². The fraction of sp³-hybridized carbons (Fsp3) is 0.222. The van der Waals surface area contributed by atoms with Crippen LogP contribution < -0.4 is 5.73 Å². The number of pyridine rings is 1. The first kappa shape index (κ1) is 9.64. The second kappa shape index (κ2) is 3.12. The molecule has 0 fully saturated rings. The molecule has 2 N–H and O–H groups in total. The normalized spacial score (nSPS) is 11.3. The Labute approximate surface area is 75.1 Å². The molecule has 0 bridgehead atoms. The molecule has 70 valence electrons. The highest BCUT2D eigenvalue weighted by atomic mass is 19.3. The molecule has 2 nitrogen and oxygen atoms in total. The standard InChI is InChI=1S/C9H10F2N2/c1-3-7-8(12)6(4-5-13-7)9(2,10)11/h3-5H,1,12H2,2H3. The maximum absolute atomic E-state index is 12.9. The molecule has 1 aromatic rings. The molecule has 0 saturated heterocycles. The molecule has 0 atom stereocenters. The van der Waals surface area contributed by atoms with Gasteiger partial charge in [-0.3, -0.25) is 4.98 Å². The Morgan fingerprint density at radius 3 is 2.69 bits per heavy atom. The summed E-state index contributed by atoms with van der Waals surface area (Å²) in [6.45, 7) is 4.22. The predicted molar refractivity (Wildman–Crippen MR) is 48.3 cm³/mol. The van der Waals surface area contributed by atoms with Gasteiger partial charge in [0.15, 0.2) is 0 Å². The maximum atomic E-state index is 12.9. The van der Waals surface area contributed by atoms with E-state index in [1.807, 2.05) is 0 Å². The van der Waals surface area contributed by atoms with E-state index < -0.39 is 5.92 Å². The molecule has 0 aliphatic rings. The number of nitrogens with two attached hydrogens (primary N) is 1. The molecule has 0 aliphatic carbocycles. The van der Waals surface area contributed by atoms with Gasteiger partial charge < -0.3 is 5.73 Å². The van der Waals surface area contributed by atoms with Crippen LogP contribution in [0.1, 0.15) is 18.2 Å². The number of rotatable bonds is 2. The number of aromatic nitrogens is 1. The summed E-state index contributed by atoms with van der Waals surface area (Å²) in [4.78, 5) is 3.79. The Kier molecular flexibility index (Phi) is 2.32. The summed E-state index contributed by atoms with van der Waals surface area (Å²) >= 11 is 0. The topological polar surface area (TPSA) is 38.9 Å².